The molecule has 0 aliphatic carbocycles. The van der Waals surface area contributed by atoms with Crippen LogP contribution in [0.5, 0.6) is 0 Å². The summed E-state index contributed by atoms with van der Waals surface area (Å²) in [6.07, 6.45) is 36.6. The number of carboxylic acids is 1. The first-order valence-electron chi connectivity index (χ1n) is 20.6. The summed E-state index contributed by atoms with van der Waals surface area (Å²) in [5.74, 6) is -2.29. The molecule has 50 heavy (non-hydrogen) atoms. The molecule has 0 rings (SSSR count). The Bertz CT molecular complexity index is 864. The zero-order valence-electron chi connectivity index (χ0n) is 32.2. The number of hydrogen-bond acceptors (Lipinski definition) is 6. The summed E-state index contributed by atoms with van der Waals surface area (Å²) in [7, 11) is 0. The van der Waals surface area contributed by atoms with Crippen molar-refractivity contribution in [1.29, 1.82) is 0 Å². The van der Waals surface area contributed by atoms with Crippen LogP contribution >= 0.6 is 0 Å². The SMILES string of the molecule is CCCCCC/C=C\CCCCCCCC(=O)OC(CCCCCCCCCCC)CCCCCCCC(=O)NCC(=O)NC(CO)C(=O)O. The van der Waals surface area contributed by atoms with Crippen LogP contribution in [0.4, 0.5) is 0 Å². The average Bonchev–Trinajstić information content (AvgIpc) is 3.10. The average molecular weight is 709 g/mol. The molecule has 0 aliphatic heterocycles. The number of aliphatic carboxylic acids is 1. The lowest BCUT2D eigenvalue weighted by Gasteiger charge is -2.18. The van der Waals surface area contributed by atoms with Gasteiger partial charge in [0, 0.05) is 12.8 Å². The molecular formula is C41H76N2O7. The molecule has 292 valence electrons. The van der Waals surface area contributed by atoms with Crippen LogP contribution in [0.15, 0.2) is 12.2 Å². The van der Waals surface area contributed by atoms with Crippen LogP contribution in [-0.2, 0) is 23.9 Å². The number of aliphatic hydroxyl groups excluding tert-OH is 1. The Balaban J connectivity index is 4.26. The zero-order valence-corrected chi connectivity index (χ0v) is 32.2. The molecule has 0 spiro atoms. The van der Waals surface area contributed by atoms with Crippen LogP contribution in [0.2, 0.25) is 0 Å². The number of rotatable bonds is 37. The molecule has 2 amide bonds. The highest BCUT2D eigenvalue weighted by molar-refractivity contribution is 5.87. The summed E-state index contributed by atoms with van der Waals surface area (Å²) in [5.41, 5.74) is 0. The molecule has 0 saturated heterocycles. The molecule has 0 radical (unpaired) electrons. The van der Waals surface area contributed by atoms with Crippen molar-refractivity contribution in [3.05, 3.63) is 12.2 Å². The van der Waals surface area contributed by atoms with E-state index < -0.39 is 24.5 Å². The van der Waals surface area contributed by atoms with E-state index in [9.17, 15) is 19.2 Å². The number of hydrogen-bond donors (Lipinski definition) is 4. The molecule has 4 N–H and O–H groups in total. The van der Waals surface area contributed by atoms with E-state index in [2.05, 4.69) is 36.6 Å². The number of ether oxygens (including phenoxy) is 1. The number of carboxylic acid groups (broad SMARTS) is 1. The van der Waals surface area contributed by atoms with Crippen molar-refractivity contribution in [2.75, 3.05) is 13.2 Å². The van der Waals surface area contributed by atoms with Crippen molar-refractivity contribution in [2.24, 2.45) is 0 Å². The highest BCUT2D eigenvalue weighted by atomic mass is 16.5. The molecule has 0 aromatic carbocycles. The quantitative estimate of drug-likeness (QED) is 0.0286. The van der Waals surface area contributed by atoms with Crippen LogP contribution in [-0.4, -0.2) is 59.3 Å². The maximum atomic E-state index is 12.7. The molecule has 0 bridgehead atoms. The van der Waals surface area contributed by atoms with E-state index >= 15 is 0 Å². The fourth-order valence-electron chi connectivity index (χ4n) is 6.06. The monoisotopic (exact) mass is 709 g/mol. The molecule has 9 heteroatoms. The minimum absolute atomic E-state index is 0.00991. The molecule has 2 unspecified atom stereocenters. The van der Waals surface area contributed by atoms with Crippen molar-refractivity contribution in [1.82, 2.24) is 10.6 Å². The van der Waals surface area contributed by atoms with E-state index in [1.807, 2.05) is 0 Å². The third kappa shape index (κ3) is 32.8. The highest BCUT2D eigenvalue weighted by Gasteiger charge is 2.19. The maximum absolute atomic E-state index is 12.7. The number of unbranched alkanes of at least 4 members (excludes halogenated alkanes) is 21. The number of nitrogens with one attached hydrogen (secondary N) is 2. The van der Waals surface area contributed by atoms with Gasteiger partial charge in [-0.05, 0) is 64.2 Å². The van der Waals surface area contributed by atoms with Gasteiger partial charge in [-0.3, -0.25) is 14.4 Å². The lowest BCUT2D eigenvalue weighted by molar-refractivity contribution is -0.150. The van der Waals surface area contributed by atoms with Gasteiger partial charge in [-0.25, -0.2) is 4.79 Å². The minimum Gasteiger partial charge on any atom is -0.480 e. The second kappa shape index (κ2) is 36.4. The Morgan fingerprint density at radius 3 is 1.52 bits per heavy atom. The third-order valence-corrected chi connectivity index (χ3v) is 9.26. The van der Waals surface area contributed by atoms with Gasteiger partial charge in [0.25, 0.3) is 0 Å². The van der Waals surface area contributed by atoms with Crippen molar-refractivity contribution in [3.8, 4) is 0 Å². The summed E-state index contributed by atoms with van der Waals surface area (Å²) >= 11 is 0. The second-order valence-electron chi connectivity index (χ2n) is 14.1. The van der Waals surface area contributed by atoms with Gasteiger partial charge >= 0.3 is 11.9 Å². The molecule has 0 fully saturated rings. The van der Waals surface area contributed by atoms with Crippen LogP contribution in [0.3, 0.4) is 0 Å². The normalized spacial score (nSPS) is 12.5. The number of carbonyl (C=O) groups is 4. The molecule has 0 aliphatic rings. The van der Waals surface area contributed by atoms with Crippen LogP contribution in [0.25, 0.3) is 0 Å². The number of esters is 1. The van der Waals surface area contributed by atoms with E-state index in [1.165, 1.54) is 103 Å². The van der Waals surface area contributed by atoms with Gasteiger partial charge in [0.2, 0.25) is 11.8 Å². The summed E-state index contributed by atoms with van der Waals surface area (Å²) in [4.78, 5) is 47.4. The first kappa shape index (κ1) is 47.6. The molecule has 0 heterocycles. The Morgan fingerprint density at radius 2 is 1.02 bits per heavy atom. The topological polar surface area (TPSA) is 142 Å². The predicted molar refractivity (Wildman–Crippen MR) is 204 cm³/mol. The van der Waals surface area contributed by atoms with E-state index in [-0.39, 0.29) is 24.5 Å². The lowest BCUT2D eigenvalue weighted by Crippen LogP contribution is -2.47. The van der Waals surface area contributed by atoms with Gasteiger partial charge in [0.05, 0.1) is 13.2 Å². The summed E-state index contributed by atoms with van der Waals surface area (Å²) in [6.45, 7) is 3.46. The van der Waals surface area contributed by atoms with Crippen molar-refractivity contribution >= 4 is 23.8 Å². The molecule has 9 nitrogen and oxygen atoms in total. The zero-order chi connectivity index (χ0) is 36.9. The molecule has 0 saturated carbocycles. The van der Waals surface area contributed by atoms with E-state index in [0.29, 0.717) is 19.3 Å². The van der Waals surface area contributed by atoms with E-state index in [0.717, 1.165) is 64.2 Å². The second-order valence-corrected chi connectivity index (χ2v) is 14.1. The fourth-order valence-corrected chi connectivity index (χ4v) is 6.06. The molecule has 0 aromatic rings. The van der Waals surface area contributed by atoms with Crippen LogP contribution in [0.1, 0.15) is 200 Å². The molecular weight excluding hydrogens is 632 g/mol. The largest absolute Gasteiger partial charge is 0.480 e. The van der Waals surface area contributed by atoms with Crippen molar-refractivity contribution in [3.63, 3.8) is 0 Å². The van der Waals surface area contributed by atoms with Gasteiger partial charge < -0.3 is 25.6 Å². The number of allylic oxidation sites excluding steroid dienone is 2. The Morgan fingerprint density at radius 1 is 0.580 bits per heavy atom. The number of amides is 2. The first-order chi connectivity index (χ1) is 24.3. The Hall–Kier alpha value is -2.42. The number of carbonyl (C=O) groups excluding carboxylic acids is 3. The maximum Gasteiger partial charge on any atom is 0.328 e. The van der Waals surface area contributed by atoms with Crippen molar-refractivity contribution in [2.45, 2.75) is 212 Å². The van der Waals surface area contributed by atoms with Gasteiger partial charge in [-0.15, -0.1) is 0 Å². The fraction of sp³-hybridized carbons (Fsp3) is 0.854. The van der Waals surface area contributed by atoms with Crippen LogP contribution < -0.4 is 10.6 Å². The summed E-state index contributed by atoms with van der Waals surface area (Å²) < 4.78 is 6.00. The highest BCUT2D eigenvalue weighted by Crippen LogP contribution is 2.19. The Labute approximate surface area is 305 Å². The first-order valence-corrected chi connectivity index (χ1v) is 20.6. The smallest absolute Gasteiger partial charge is 0.328 e. The lowest BCUT2D eigenvalue weighted by atomic mass is 10.0. The van der Waals surface area contributed by atoms with E-state index in [4.69, 9.17) is 14.9 Å². The predicted octanol–water partition coefficient (Wildman–Crippen LogP) is 9.49. The minimum atomic E-state index is -1.38. The molecule has 2 atom stereocenters. The van der Waals surface area contributed by atoms with Gasteiger partial charge in [0.15, 0.2) is 0 Å². The standard InChI is InChI=1S/C41H76N2O7/c1-3-5-7-9-11-13-14-15-16-18-20-25-29-33-40(47)50-36(30-26-22-19-17-12-10-8-6-4-2)31-27-23-21-24-28-32-38(45)42-34-39(46)43-37(35-44)41(48)49/h13-14,36-37,44H,3-12,15-35H2,1-2H3,(H,42,45)(H,43,46)(H,48,49)/b14-13-. The summed E-state index contributed by atoms with van der Waals surface area (Å²) in [6, 6.07) is -1.38. The molecule has 0 aromatic heterocycles. The summed E-state index contributed by atoms with van der Waals surface area (Å²) in [5, 5.41) is 22.5. The van der Waals surface area contributed by atoms with E-state index in [1.54, 1.807) is 0 Å². The van der Waals surface area contributed by atoms with Gasteiger partial charge in [0.1, 0.15) is 12.1 Å². The number of aliphatic hydroxyl groups is 1. The van der Waals surface area contributed by atoms with Crippen LogP contribution in [0, 0.1) is 0 Å². The Kier molecular flexibility index (Phi) is 34.6. The van der Waals surface area contributed by atoms with Gasteiger partial charge in [-0.1, -0.05) is 135 Å². The third-order valence-electron chi connectivity index (χ3n) is 9.26. The van der Waals surface area contributed by atoms with Crippen molar-refractivity contribution < 1.29 is 34.1 Å². The van der Waals surface area contributed by atoms with Gasteiger partial charge in [-0.2, -0.15) is 0 Å².